The van der Waals surface area contributed by atoms with Crippen LogP contribution in [0.15, 0.2) is 42.5 Å². The number of nitrogen functional groups attached to an aromatic ring is 1. The van der Waals surface area contributed by atoms with Crippen LogP contribution in [0.1, 0.15) is 37.0 Å². The number of hydrogen-bond acceptors (Lipinski definition) is 3. The molecule has 0 atom stereocenters. The van der Waals surface area contributed by atoms with Crippen molar-refractivity contribution in [3.05, 3.63) is 59.2 Å². The largest absolute Gasteiger partial charge is 0.487 e. The number of nitrogens with one attached hydrogen (secondary N) is 1. The molecule has 24 heavy (non-hydrogen) atoms. The zero-order valence-corrected chi connectivity index (χ0v) is 15.1. The molecule has 0 aliphatic carbocycles. The van der Waals surface area contributed by atoms with Crippen molar-refractivity contribution in [3.8, 4) is 5.75 Å². The third-order valence-corrected chi connectivity index (χ3v) is 3.92. The van der Waals surface area contributed by atoms with Gasteiger partial charge in [-0.15, -0.1) is 0 Å². The van der Waals surface area contributed by atoms with E-state index >= 15 is 0 Å². The highest BCUT2D eigenvalue weighted by atomic mass is 16.5. The number of ether oxygens (including phenoxy) is 1. The predicted octanol–water partition coefficient (Wildman–Crippen LogP) is 4.33. The van der Waals surface area contributed by atoms with E-state index < -0.39 is 0 Å². The Kier molecular flexibility index (Phi) is 7.13. The van der Waals surface area contributed by atoms with E-state index in [0.29, 0.717) is 12.5 Å². The summed E-state index contributed by atoms with van der Waals surface area (Å²) in [5.41, 5.74) is 10.5. The SMILES string of the molecule is Cc1cccc(COc2ccc(CCCNCC(C)C)cc2N)c1. The summed E-state index contributed by atoms with van der Waals surface area (Å²) in [6.45, 7) is 9.21. The normalized spacial score (nSPS) is 11.0. The highest BCUT2D eigenvalue weighted by Gasteiger charge is 2.03. The molecule has 3 nitrogen and oxygen atoms in total. The molecule has 3 N–H and O–H groups in total. The quantitative estimate of drug-likeness (QED) is 0.532. The van der Waals surface area contributed by atoms with Crippen LogP contribution in [-0.2, 0) is 13.0 Å². The molecular weight excluding hydrogens is 296 g/mol. The summed E-state index contributed by atoms with van der Waals surface area (Å²) in [4.78, 5) is 0. The summed E-state index contributed by atoms with van der Waals surface area (Å²) >= 11 is 0. The molecule has 0 amide bonds. The maximum Gasteiger partial charge on any atom is 0.142 e. The number of aryl methyl sites for hydroxylation is 2. The lowest BCUT2D eigenvalue weighted by Crippen LogP contribution is -2.21. The Bertz CT molecular complexity index is 637. The number of benzene rings is 2. The minimum absolute atomic E-state index is 0.546. The topological polar surface area (TPSA) is 47.3 Å². The molecule has 2 rings (SSSR count). The molecule has 0 saturated heterocycles. The Morgan fingerprint density at radius 2 is 1.92 bits per heavy atom. The summed E-state index contributed by atoms with van der Waals surface area (Å²) in [5.74, 6) is 1.46. The zero-order chi connectivity index (χ0) is 17.4. The summed E-state index contributed by atoms with van der Waals surface area (Å²) in [6.07, 6.45) is 2.16. The second-order valence-corrected chi connectivity index (χ2v) is 6.85. The van der Waals surface area contributed by atoms with Gasteiger partial charge in [-0.25, -0.2) is 0 Å². The predicted molar refractivity (Wildman–Crippen MR) is 102 cm³/mol. The van der Waals surface area contributed by atoms with Crippen LogP contribution < -0.4 is 15.8 Å². The van der Waals surface area contributed by atoms with Gasteiger partial charge < -0.3 is 15.8 Å². The van der Waals surface area contributed by atoms with E-state index in [9.17, 15) is 0 Å². The summed E-state index contributed by atoms with van der Waals surface area (Å²) in [7, 11) is 0. The van der Waals surface area contributed by atoms with Gasteiger partial charge >= 0.3 is 0 Å². The Hall–Kier alpha value is -2.00. The van der Waals surface area contributed by atoms with Crippen LogP contribution in [-0.4, -0.2) is 13.1 Å². The van der Waals surface area contributed by atoms with Gasteiger partial charge in [-0.1, -0.05) is 49.7 Å². The maximum absolute atomic E-state index is 6.14. The van der Waals surface area contributed by atoms with Crippen molar-refractivity contribution in [2.75, 3.05) is 18.8 Å². The molecule has 2 aromatic carbocycles. The molecule has 0 heterocycles. The Morgan fingerprint density at radius 3 is 2.62 bits per heavy atom. The van der Waals surface area contributed by atoms with Gasteiger partial charge in [0.1, 0.15) is 12.4 Å². The first-order valence-electron chi connectivity index (χ1n) is 8.82. The van der Waals surface area contributed by atoms with Gasteiger partial charge in [0.15, 0.2) is 0 Å². The molecule has 0 saturated carbocycles. The molecule has 0 radical (unpaired) electrons. The summed E-state index contributed by atoms with van der Waals surface area (Å²) in [5, 5.41) is 3.47. The lowest BCUT2D eigenvalue weighted by molar-refractivity contribution is 0.308. The van der Waals surface area contributed by atoms with Crippen molar-refractivity contribution in [3.63, 3.8) is 0 Å². The average molecular weight is 326 g/mol. The second kappa shape index (κ2) is 9.33. The molecule has 3 heteroatoms. The lowest BCUT2D eigenvalue weighted by atomic mass is 10.1. The van der Waals surface area contributed by atoms with Crippen LogP contribution in [0.2, 0.25) is 0 Å². The molecule has 2 aromatic rings. The molecular formula is C21H30N2O. The van der Waals surface area contributed by atoms with E-state index in [2.05, 4.69) is 50.4 Å². The van der Waals surface area contributed by atoms with Crippen molar-refractivity contribution in [1.29, 1.82) is 0 Å². The first kappa shape index (κ1) is 18.3. The molecule has 130 valence electrons. The van der Waals surface area contributed by atoms with E-state index in [1.54, 1.807) is 0 Å². The van der Waals surface area contributed by atoms with Gasteiger partial charge in [0, 0.05) is 0 Å². The highest BCUT2D eigenvalue weighted by Crippen LogP contribution is 2.24. The van der Waals surface area contributed by atoms with E-state index in [-0.39, 0.29) is 0 Å². The Labute approximate surface area is 146 Å². The highest BCUT2D eigenvalue weighted by molar-refractivity contribution is 5.54. The van der Waals surface area contributed by atoms with Gasteiger partial charge in [-0.3, -0.25) is 0 Å². The van der Waals surface area contributed by atoms with Gasteiger partial charge in [0.25, 0.3) is 0 Å². The minimum atomic E-state index is 0.546. The minimum Gasteiger partial charge on any atom is -0.487 e. The van der Waals surface area contributed by atoms with Crippen molar-refractivity contribution in [2.45, 2.75) is 40.2 Å². The molecule has 0 unspecified atom stereocenters. The van der Waals surface area contributed by atoms with Gasteiger partial charge in [0.05, 0.1) is 5.69 Å². The monoisotopic (exact) mass is 326 g/mol. The third kappa shape index (κ3) is 6.25. The smallest absolute Gasteiger partial charge is 0.142 e. The Morgan fingerprint density at radius 1 is 1.08 bits per heavy atom. The van der Waals surface area contributed by atoms with E-state index in [1.165, 1.54) is 11.1 Å². The van der Waals surface area contributed by atoms with Crippen LogP contribution in [0.5, 0.6) is 5.75 Å². The van der Waals surface area contributed by atoms with Gasteiger partial charge in [-0.2, -0.15) is 0 Å². The van der Waals surface area contributed by atoms with Crippen LogP contribution in [0.3, 0.4) is 0 Å². The fourth-order valence-electron chi connectivity index (χ4n) is 2.66. The number of nitrogens with two attached hydrogens (primary N) is 1. The van der Waals surface area contributed by atoms with Crippen molar-refractivity contribution < 1.29 is 4.74 Å². The molecule has 0 aromatic heterocycles. The number of anilines is 1. The molecule has 0 bridgehead atoms. The molecule has 0 spiro atoms. The first-order chi connectivity index (χ1) is 11.5. The van der Waals surface area contributed by atoms with E-state index in [4.69, 9.17) is 10.5 Å². The fourth-order valence-corrected chi connectivity index (χ4v) is 2.66. The number of rotatable bonds is 9. The lowest BCUT2D eigenvalue weighted by Gasteiger charge is -2.11. The standard InChI is InChI=1S/C21H30N2O/c1-16(2)14-23-11-5-8-18-9-10-21(20(22)13-18)24-15-19-7-4-6-17(3)12-19/h4,6-7,9-10,12-13,16,23H,5,8,11,14-15,22H2,1-3H3. The number of hydrogen-bond donors (Lipinski definition) is 2. The van der Waals surface area contributed by atoms with Crippen LogP contribution in [0, 0.1) is 12.8 Å². The van der Waals surface area contributed by atoms with E-state index in [1.807, 2.05) is 18.2 Å². The molecule has 0 aliphatic rings. The maximum atomic E-state index is 6.14. The summed E-state index contributed by atoms with van der Waals surface area (Å²) < 4.78 is 5.86. The zero-order valence-electron chi connectivity index (χ0n) is 15.1. The second-order valence-electron chi connectivity index (χ2n) is 6.85. The van der Waals surface area contributed by atoms with Crippen LogP contribution in [0.25, 0.3) is 0 Å². The summed E-state index contributed by atoms with van der Waals surface area (Å²) in [6, 6.07) is 14.5. The Balaban J connectivity index is 1.81. The van der Waals surface area contributed by atoms with Crippen LogP contribution >= 0.6 is 0 Å². The molecule has 0 fully saturated rings. The average Bonchev–Trinajstić information content (AvgIpc) is 2.53. The van der Waals surface area contributed by atoms with Gasteiger partial charge in [0.2, 0.25) is 0 Å². The van der Waals surface area contributed by atoms with Crippen molar-refractivity contribution in [1.82, 2.24) is 5.32 Å². The van der Waals surface area contributed by atoms with Crippen molar-refractivity contribution in [2.24, 2.45) is 5.92 Å². The first-order valence-corrected chi connectivity index (χ1v) is 8.82. The molecule has 0 aliphatic heterocycles. The van der Waals surface area contributed by atoms with E-state index in [0.717, 1.165) is 42.9 Å². The third-order valence-electron chi connectivity index (χ3n) is 3.92. The van der Waals surface area contributed by atoms with Gasteiger partial charge in [-0.05, 0) is 62.0 Å². The fraction of sp³-hybridized carbons (Fsp3) is 0.429. The van der Waals surface area contributed by atoms with Crippen LogP contribution in [0.4, 0.5) is 5.69 Å². The van der Waals surface area contributed by atoms with Crippen molar-refractivity contribution >= 4 is 5.69 Å².